The Labute approximate surface area is 167 Å². The number of fused-ring (bicyclic) bond motifs is 1. The van der Waals surface area contributed by atoms with Crippen LogP contribution in [0, 0.1) is 0 Å². The van der Waals surface area contributed by atoms with Gasteiger partial charge >= 0.3 is 0 Å². The molecule has 1 heterocycles. The van der Waals surface area contributed by atoms with E-state index < -0.39 is 0 Å². The number of carbonyl (C=O) groups excluding carboxylic acids is 1. The summed E-state index contributed by atoms with van der Waals surface area (Å²) in [5.74, 6) is -0.221. The molecule has 0 saturated carbocycles. The van der Waals surface area contributed by atoms with E-state index in [1.807, 2.05) is 72.8 Å². The first-order valence-electron chi connectivity index (χ1n) is 8.81. The molecule has 4 rings (SSSR count). The van der Waals surface area contributed by atoms with Gasteiger partial charge in [0, 0.05) is 11.4 Å². The van der Waals surface area contributed by atoms with Crippen molar-refractivity contribution in [2.24, 2.45) is 0 Å². The van der Waals surface area contributed by atoms with Gasteiger partial charge < -0.3 is 11.1 Å². The molecule has 138 valence electrons. The van der Waals surface area contributed by atoms with Crippen molar-refractivity contribution in [2.45, 2.75) is 16.5 Å². The second-order valence-electron chi connectivity index (χ2n) is 6.18. The second-order valence-corrected chi connectivity index (χ2v) is 7.27. The van der Waals surface area contributed by atoms with Crippen LogP contribution in [0.5, 0.6) is 0 Å². The number of anilines is 1. The number of benzene rings is 3. The monoisotopic (exact) mass is 386 g/mol. The standard InChI is InChI=1S/C22H18N4OS/c23-21-20(26-19(14-24-21)28-17-10-2-1-3-11-17)22(27)25-13-16-9-6-8-15-7-4-5-12-18(15)16/h1-12,14H,13H2,(H2,23,24)(H,25,27). The highest BCUT2D eigenvalue weighted by molar-refractivity contribution is 7.99. The van der Waals surface area contributed by atoms with Crippen LogP contribution in [0.25, 0.3) is 10.8 Å². The molecule has 3 aromatic carbocycles. The number of aromatic nitrogens is 2. The van der Waals surface area contributed by atoms with Crippen LogP contribution in [0.3, 0.4) is 0 Å². The van der Waals surface area contributed by atoms with Crippen LogP contribution in [-0.2, 0) is 6.54 Å². The fourth-order valence-electron chi connectivity index (χ4n) is 2.91. The van der Waals surface area contributed by atoms with Gasteiger partial charge in [0.1, 0.15) is 5.03 Å². The molecule has 6 heteroatoms. The minimum Gasteiger partial charge on any atom is -0.382 e. The predicted molar refractivity (Wildman–Crippen MR) is 112 cm³/mol. The van der Waals surface area contributed by atoms with Gasteiger partial charge in [-0.3, -0.25) is 4.79 Å². The van der Waals surface area contributed by atoms with E-state index in [0.717, 1.165) is 21.2 Å². The zero-order valence-corrected chi connectivity index (χ0v) is 15.8. The van der Waals surface area contributed by atoms with Crippen LogP contribution in [0.1, 0.15) is 16.1 Å². The fourth-order valence-corrected chi connectivity index (χ4v) is 3.69. The lowest BCUT2D eigenvalue weighted by Gasteiger charge is -2.10. The highest BCUT2D eigenvalue weighted by Crippen LogP contribution is 2.26. The Balaban J connectivity index is 1.52. The Morgan fingerprint density at radius 2 is 1.71 bits per heavy atom. The molecule has 1 amide bonds. The van der Waals surface area contributed by atoms with E-state index in [1.165, 1.54) is 11.8 Å². The molecule has 0 aliphatic carbocycles. The maximum Gasteiger partial charge on any atom is 0.274 e. The van der Waals surface area contributed by atoms with Crippen LogP contribution in [0.15, 0.2) is 88.9 Å². The Morgan fingerprint density at radius 3 is 2.57 bits per heavy atom. The largest absolute Gasteiger partial charge is 0.382 e. The number of hydrogen-bond donors (Lipinski definition) is 2. The molecule has 0 radical (unpaired) electrons. The van der Waals surface area contributed by atoms with E-state index in [-0.39, 0.29) is 17.4 Å². The van der Waals surface area contributed by atoms with Crippen molar-refractivity contribution in [3.05, 3.63) is 90.3 Å². The highest BCUT2D eigenvalue weighted by Gasteiger charge is 2.15. The van der Waals surface area contributed by atoms with Gasteiger partial charge in [0.2, 0.25) is 0 Å². The molecule has 3 N–H and O–H groups in total. The third-order valence-electron chi connectivity index (χ3n) is 4.28. The predicted octanol–water partition coefficient (Wildman–Crippen LogP) is 4.29. The molecular formula is C22H18N4OS. The third kappa shape index (κ3) is 3.97. The molecule has 0 aliphatic rings. The fraction of sp³-hybridized carbons (Fsp3) is 0.0455. The highest BCUT2D eigenvalue weighted by atomic mass is 32.2. The summed E-state index contributed by atoms with van der Waals surface area (Å²) >= 11 is 1.44. The van der Waals surface area contributed by atoms with Gasteiger partial charge in [-0.25, -0.2) is 9.97 Å². The summed E-state index contributed by atoms with van der Waals surface area (Å²) in [6.07, 6.45) is 1.58. The van der Waals surface area contributed by atoms with Gasteiger partial charge in [-0.05, 0) is 28.5 Å². The van der Waals surface area contributed by atoms with Crippen molar-refractivity contribution in [3.8, 4) is 0 Å². The van der Waals surface area contributed by atoms with Gasteiger partial charge in [-0.2, -0.15) is 0 Å². The number of hydrogen-bond acceptors (Lipinski definition) is 5. The maximum absolute atomic E-state index is 12.7. The van der Waals surface area contributed by atoms with Crippen LogP contribution in [-0.4, -0.2) is 15.9 Å². The van der Waals surface area contributed by atoms with Gasteiger partial charge in [0.25, 0.3) is 5.91 Å². The number of nitrogens with one attached hydrogen (secondary N) is 1. The van der Waals surface area contributed by atoms with E-state index in [9.17, 15) is 4.79 Å². The van der Waals surface area contributed by atoms with Crippen molar-refractivity contribution in [1.82, 2.24) is 15.3 Å². The van der Waals surface area contributed by atoms with Gasteiger partial charge in [0.15, 0.2) is 11.5 Å². The molecule has 28 heavy (non-hydrogen) atoms. The molecule has 5 nitrogen and oxygen atoms in total. The molecule has 0 fully saturated rings. The Kier molecular flexibility index (Phi) is 5.21. The van der Waals surface area contributed by atoms with E-state index in [0.29, 0.717) is 11.6 Å². The summed E-state index contributed by atoms with van der Waals surface area (Å²) in [6, 6.07) is 23.9. The summed E-state index contributed by atoms with van der Waals surface area (Å²) in [6.45, 7) is 0.386. The van der Waals surface area contributed by atoms with Crippen molar-refractivity contribution >= 4 is 34.3 Å². The number of rotatable bonds is 5. The minimum absolute atomic E-state index is 0.118. The number of carbonyl (C=O) groups is 1. The van der Waals surface area contributed by atoms with E-state index in [2.05, 4.69) is 15.3 Å². The summed E-state index contributed by atoms with van der Waals surface area (Å²) in [5.41, 5.74) is 7.07. The zero-order chi connectivity index (χ0) is 19.3. The van der Waals surface area contributed by atoms with Gasteiger partial charge in [-0.15, -0.1) is 0 Å². The first-order chi connectivity index (χ1) is 13.7. The van der Waals surface area contributed by atoms with Crippen molar-refractivity contribution < 1.29 is 4.79 Å². The van der Waals surface area contributed by atoms with Gasteiger partial charge in [0.05, 0.1) is 6.20 Å². The lowest BCUT2D eigenvalue weighted by atomic mass is 10.0. The van der Waals surface area contributed by atoms with E-state index in [1.54, 1.807) is 6.20 Å². The molecule has 0 spiro atoms. The molecule has 0 bridgehead atoms. The second kappa shape index (κ2) is 8.10. The van der Waals surface area contributed by atoms with Crippen LogP contribution >= 0.6 is 11.8 Å². The zero-order valence-electron chi connectivity index (χ0n) is 15.0. The number of amides is 1. The van der Waals surface area contributed by atoms with Crippen molar-refractivity contribution in [3.63, 3.8) is 0 Å². The van der Waals surface area contributed by atoms with Gasteiger partial charge in [-0.1, -0.05) is 72.4 Å². The average molecular weight is 386 g/mol. The normalized spacial score (nSPS) is 10.7. The Bertz CT molecular complexity index is 1130. The molecular weight excluding hydrogens is 368 g/mol. The first kappa shape index (κ1) is 18.0. The molecule has 0 unspecified atom stereocenters. The van der Waals surface area contributed by atoms with Crippen molar-refractivity contribution in [2.75, 3.05) is 5.73 Å². The van der Waals surface area contributed by atoms with E-state index in [4.69, 9.17) is 5.73 Å². The topological polar surface area (TPSA) is 80.9 Å². The Morgan fingerprint density at radius 1 is 0.964 bits per heavy atom. The average Bonchev–Trinajstić information content (AvgIpc) is 2.74. The van der Waals surface area contributed by atoms with Crippen LogP contribution in [0.2, 0.25) is 0 Å². The molecule has 0 aliphatic heterocycles. The first-order valence-corrected chi connectivity index (χ1v) is 9.62. The summed E-state index contributed by atoms with van der Waals surface area (Å²) in [5, 5.41) is 5.77. The van der Waals surface area contributed by atoms with Crippen LogP contribution in [0.4, 0.5) is 5.82 Å². The summed E-state index contributed by atoms with van der Waals surface area (Å²) in [4.78, 5) is 22.2. The quantitative estimate of drug-likeness (QED) is 0.535. The van der Waals surface area contributed by atoms with E-state index >= 15 is 0 Å². The SMILES string of the molecule is Nc1ncc(Sc2ccccc2)nc1C(=O)NCc1cccc2ccccc12. The van der Waals surface area contributed by atoms with Crippen molar-refractivity contribution in [1.29, 1.82) is 0 Å². The number of nitrogens with two attached hydrogens (primary N) is 1. The lowest BCUT2D eigenvalue weighted by Crippen LogP contribution is -2.25. The summed E-state index contributed by atoms with van der Waals surface area (Å²) < 4.78 is 0. The minimum atomic E-state index is -0.339. The number of nitrogens with zero attached hydrogens (tertiary/aromatic N) is 2. The molecule has 4 aromatic rings. The molecule has 0 atom stereocenters. The lowest BCUT2D eigenvalue weighted by molar-refractivity contribution is 0.0946. The Hall–Kier alpha value is -3.38. The molecule has 1 aromatic heterocycles. The molecule has 0 saturated heterocycles. The summed E-state index contributed by atoms with van der Waals surface area (Å²) in [7, 11) is 0. The van der Waals surface area contributed by atoms with Crippen LogP contribution < -0.4 is 11.1 Å². The third-order valence-corrected chi connectivity index (χ3v) is 5.19. The smallest absolute Gasteiger partial charge is 0.274 e. The number of nitrogen functional groups attached to an aromatic ring is 1. The maximum atomic E-state index is 12.7.